The SMILES string of the molecule is CCCCCCCCCCCCCCCCCCCC(COP(=O)(O)O)OCc1ccc(C#N)c(OC(C)C)c1. The molecule has 2 N–H and O–H groups in total. The summed E-state index contributed by atoms with van der Waals surface area (Å²) in [6.07, 6.45) is 22.4. The number of hydrogen-bond acceptors (Lipinski definition) is 5. The van der Waals surface area contributed by atoms with Gasteiger partial charge in [0.05, 0.1) is 31.0 Å². The van der Waals surface area contributed by atoms with Crippen molar-refractivity contribution in [3.05, 3.63) is 29.3 Å². The van der Waals surface area contributed by atoms with E-state index in [1.165, 1.54) is 89.9 Å². The van der Waals surface area contributed by atoms with Crippen molar-refractivity contribution in [2.24, 2.45) is 0 Å². The van der Waals surface area contributed by atoms with Gasteiger partial charge in [-0.25, -0.2) is 4.57 Å². The Morgan fingerprint density at radius 3 is 1.77 bits per heavy atom. The van der Waals surface area contributed by atoms with Crippen molar-refractivity contribution in [1.29, 1.82) is 5.26 Å². The molecule has 230 valence electrons. The zero-order valence-electron chi connectivity index (χ0n) is 25.5. The van der Waals surface area contributed by atoms with Crippen LogP contribution in [0.3, 0.4) is 0 Å². The Bertz CT molecular complexity index is 850. The second kappa shape index (κ2) is 23.2. The highest BCUT2D eigenvalue weighted by molar-refractivity contribution is 7.46. The first-order chi connectivity index (χ1) is 19.2. The van der Waals surface area contributed by atoms with E-state index in [-0.39, 0.29) is 19.3 Å². The summed E-state index contributed by atoms with van der Waals surface area (Å²) in [5.74, 6) is 0.509. The molecule has 1 aromatic rings. The van der Waals surface area contributed by atoms with E-state index in [1.807, 2.05) is 19.9 Å². The lowest BCUT2D eigenvalue weighted by atomic mass is 10.0. The smallest absolute Gasteiger partial charge is 0.469 e. The third kappa shape index (κ3) is 20.5. The maximum atomic E-state index is 11.2. The van der Waals surface area contributed by atoms with Gasteiger partial charge in [-0.1, -0.05) is 122 Å². The number of ether oxygens (including phenoxy) is 2. The minimum absolute atomic E-state index is 0.0626. The first-order valence-corrected chi connectivity index (χ1v) is 17.3. The lowest BCUT2D eigenvalue weighted by molar-refractivity contribution is -0.00382. The molecule has 1 unspecified atom stereocenters. The molecule has 1 rings (SSSR count). The normalized spacial score (nSPS) is 12.5. The molecule has 0 spiro atoms. The molecule has 1 aromatic carbocycles. The van der Waals surface area contributed by atoms with E-state index in [2.05, 4.69) is 13.0 Å². The van der Waals surface area contributed by atoms with Crippen molar-refractivity contribution >= 4 is 7.82 Å². The largest absolute Gasteiger partial charge is 0.490 e. The summed E-state index contributed by atoms with van der Waals surface area (Å²) in [4.78, 5) is 18.3. The summed E-state index contributed by atoms with van der Waals surface area (Å²) in [5, 5.41) is 9.31. The van der Waals surface area contributed by atoms with Gasteiger partial charge in [0.15, 0.2) is 0 Å². The van der Waals surface area contributed by atoms with Crippen molar-refractivity contribution in [3.8, 4) is 11.8 Å². The summed E-state index contributed by atoms with van der Waals surface area (Å²) in [7, 11) is -4.56. The molecule has 0 heterocycles. The minimum Gasteiger partial charge on any atom is -0.490 e. The summed E-state index contributed by atoms with van der Waals surface area (Å²) < 4.78 is 27.7. The minimum atomic E-state index is -4.56. The quantitative estimate of drug-likeness (QED) is 0.0828. The number of phosphoric ester groups is 1. The molecule has 8 heteroatoms. The molecule has 0 fully saturated rings. The number of hydrogen-bond donors (Lipinski definition) is 2. The van der Waals surface area contributed by atoms with E-state index in [4.69, 9.17) is 23.8 Å². The Balaban J connectivity index is 2.22. The first kappa shape index (κ1) is 36.6. The van der Waals surface area contributed by atoms with Crippen molar-refractivity contribution in [3.63, 3.8) is 0 Å². The fourth-order valence-corrected chi connectivity index (χ4v) is 5.17. The molecule has 7 nitrogen and oxygen atoms in total. The average Bonchev–Trinajstić information content (AvgIpc) is 2.90. The molecule has 0 aliphatic heterocycles. The number of rotatable bonds is 26. The van der Waals surface area contributed by atoms with Crippen LogP contribution in [-0.4, -0.2) is 28.6 Å². The Labute approximate surface area is 244 Å². The van der Waals surface area contributed by atoms with Crippen molar-refractivity contribution in [2.45, 2.75) is 155 Å². The van der Waals surface area contributed by atoms with Gasteiger partial charge in [0.2, 0.25) is 0 Å². The standard InChI is InChI=1S/C32H56NO6P/c1-4-5-6-7-8-9-10-11-12-13-14-15-16-17-18-19-20-21-31(27-38-40(34,35)36)37-26-29-22-23-30(25-33)32(24-29)39-28(2)3/h22-24,28,31H,4-21,26-27H2,1-3H3,(H2,34,35,36). The summed E-state index contributed by atoms with van der Waals surface area (Å²) in [5.41, 5.74) is 1.29. The van der Waals surface area contributed by atoms with Crippen molar-refractivity contribution < 1.29 is 28.3 Å². The van der Waals surface area contributed by atoms with E-state index < -0.39 is 13.9 Å². The number of nitrogens with zero attached hydrogens (tertiary/aromatic N) is 1. The molecule has 0 aliphatic rings. The predicted octanol–water partition coefficient (Wildman–Crippen LogP) is 9.38. The fraction of sp³-hybridized carbons (Fsp3) is 0.781. The van der Waals surface area contributed by atoms with Gasteiger partial charge < -0.3 is 19.3 Å². The first-order valence-electron chi connectivity index (χ1n) is 15.8. The van der Waals surface area contributed by atoms with Gasteiger partial charge in [-0.3, -0.25) is 4.52 Å². The molecule has 0 aromatic heterocycles. The highest BCUT2D eigenvalue weighted by Crippen LogP contribution is 2.36. The number of benzene rings is 1. The Kier molecular flexibility index (Phi) is 21.2. The van der Waals surface area contributed by atoms with E-state index in [9.17, 15) is 9.83 Å². The molecule has 0 saturated heterocycles. The Morgan fingerprint density at radius 2 is 1.32 bits per heavy atom. The predicted molar refractivity (Wildman–Crippen MR) is 162 cm³/mol. The topological polar surface area (TPSA) is 109 Å². The van der Waals surface area contributed by atoms with Crippen molar-refractivity contribution in [2.75, 3.05) is 6.61 Å². The molecule has 0 saturated carbocycles. The zero-order valence-corrected chi connectivity index (χ0v) is 26.3. The van der Waals surface area contributed by atoms with Crippen LogP contribution in [0.4, 0.5) is 0 Å². The lowest BCUT2D eigenvalue weighted by Crippen LogP contribution is -2.19. The van der Waals surface area contributed by atoms with Gasteiger partial charge in [0.1, 0.15) is 11.8 Å². The van der Waals surface area contributed by atoms with Gasteiger partial charge in [0, 0.05) is 0 Å². The van der Waals surface area contributed by atoms with Crippen LogP contribution in [-0.2, 0) is 20.4 Å². The molecule has 1 atom stereocenters. The van der Waals surface area contributed by atoms with Crippen LogP contribution in [0.1, 0.15) is 147 Å². The van der Waals surface area contributed by atoms with E-state index in [1.54, 1.807) is 12.1 Å². The summed E-state index contributed by atoms with van der Waals surface area (Å²) in [6.45, 7) is 6.16. The van der Waals surface area contributed by atoms with Gasteiger partial charge in [-0.05, 0) is 38.0 Å². The fourth-order valence-electron chi connectivity index (χ4n) is 4.81. The van der Waals surface area contributed by atoms with Crippen LogP contribution in [0.2, 0.25) is 0 Å². The van der Waals surface area contributed by atoms with Crippen molar-refractivity contribution in [1.82, 2.24) is 0 Å². The third-order valence-corrected chi connectivity index (χ3v) is 7.56. The van der Waals surface area contributed by atoms with Crippen LogP contribution in [0.5, 0.6) is 5.75 Å². The van der Waals surface area contributed by atoms with Gasteiger partial charge in [0.25, 0.3) is 0 Å². The molecule has 0 aliphatic carbocycles. The van der Waals surface area contributed by atoms with Crippen LogP contribution < -0.4 is 4.74 Å². The second-order valence-corrected chi connectivity index (χ2v) is 12.5. The van der Waals surface area contributed by atoms with Crippen LogP contribution in [0.25, 0.3) is 0 Å². The monoisotopic (exact) mass is 581 g/mol. The number of nitriles is 1. The van der Waals surface area contributed by atoms with E-state index >= 15 is 0 Å². The zero-order chi connectivity index (χ0) is 29.5. The second-order valence-electron chi connectivity index (χ2n) is 11.3. The number of unbranched alkanes of at least 4 members (excludes halogenated alkanes) is 16. The highest BCUT2D eigenvalue weighted by atomic mass is 31.2. The lowest BCUT2D eigenvalue weighted by Gasteiger charge is -2.19. The molecular weight excluding hydrogens is 525 g/mol. The van der Waals surface area contributed by atoms with Gasteiger partial charge in [-0.15, -0.1) is 0 Å². The number of phosphoric acid groups is 1. The van der Waals surface area contributed by atoms with Crippen LogP contribution in [0.15, 0.2) is 18.2 Å². The van der Waals surface area contributed by atoms with Gasteiger partial charge >= 0.3 is 7.82 Å². The summed E-state index contributed by atoms with van der Waals surface area (Å²) >= 11 is 0. The average molecular weight is 582 g/mol. The van der Waals surface area contributed by atoms with Gasteiger partial charge in [-0.2, -0.15) is 5.26 Å². The van der Waals surface area contributed by atoms with E-state index in [0.717, 1.165) is 24.8 Å². The maximum absolute atomic E-state index is 11.2. The van der Waals surface area contributed by atoms with Crippen LogP contribution in [0, 0.1) is 11.3 Å². The Hall–Kier alpha value is -1.42. The molecule has 0 amide bonds. The molecule has 0 bridgehead atoms. The molecule has 0 radical (unpaired) electrons. The highest BCUT2D eigenvalue weighted by Gasteiger charge is 2.19. The Morgan fingerprint density at radius 1 is 0.825 bits per heavy atom. The van der Waals surface area contributed by atoms with E-state index in [0.29, 0.717) is 17.7 Å². The maximum Gasteiger partial charge on any atom is 0.469 e. The summed E-state index contributed by atoms with van der Waals surface area (Å²) in [6, 6.07) is 7.43. The van der Waals surface area contributed by atoms with Crippen LogP contribution >= 0.6 is 7.82 Å². The molecular formula is C32H56NO6P. The molecule has 40 heavy (non-hydrogen) atoms. The third-order valence-electron chi connectivity index (χ3n) is 7.07.